The Hall–Kier alpha value is -0.620. The van der Waals surface area contributed by atoms with Crippen LogP contribution in [0.2, 0.25) is 0 Å². The number of aliphatic imine (C=N–C) groups is 1. The van der Waals surface area contributed by atoms with Crippen LogP contribution >= 0.6 is 0 Å². The van der Waals surface area contributed by atoms with Crippen LogP contribution in [0.4, 0.5) is 0 Å². The zero-order valence-corrected chi connectivity index (χ0v) is 6.97. The number of hydrogen-bond acceptors (Lipinski definition) is 2. The van der Waals surface area contributed by atoms with Crippen molar-refractivity contribution in [3.8, 4) is 0 Å². The summed E-state index contributed by atoms with van der Waals surface area (Å²) in [5, 5.41) is 6.75. The largest absolute Gasteiger partial charge is 0.242 e. The molecule has 11 heavy (non-hydrogen) atoms. The highest BCUT2D eigenvalue weighted by Gasteiger charge is 2.08. The van der Waals surface area contributed by atoms with Gasteiger partial charge >= 0.3 is 0 Å². The van der Waals surface area contributed by atoms with E-state index in [0.29, 0.717) is 6.04 Å². The molecule has 2 nitrogen and oxygen atoms in total. The molecule has 1 N–H and O–H groups in total. The van der Waals surface area contributed by atoms with Crippen LogP contribution in [-0.4, -0.2) is 12.1 Å². The Kier molecular flexibility index (Phi) is 3.92. The van der Waals surface area contributed by atoms with Crippen LogP contribution in [0.5, 0.6) is 0 Å². The van der Waals surface area contributed by atoms with Crippen LogP contribution in [0.25, 0.3) is 0 Å². The van der Waals surface area contributed by atoms with Gasteiger partial charge in [-0.3, -0.25) is 0 Å². The van der Waals surface area contributed by atoms with Crippen molar-refractivity contribution in [3.05, 3.63) is 0 Å². The van der Waals surface area contributed by atoms with E-state index < -0.39 is 0 Å². The average molecular weight is 152 g/mol. The van der Waals surface area contributed by atoms with Gasteiger partial charge < -0.3 is 0 Å². The predicted octanol–water partition coefficient (Wildman–Crippen LogP) is 2.85. The summed E-state index contributed by atoms with van der Waals surface area (Å²) in [6.45, 7) is 0. The molecule has 0 aliphatic heterocycles. The lowest BCUT2D eigenvalue weighted by Gasteiger charge is -2.13. The minimum atomic E-state index is 0.410. The van der Waals surface area contributed by atoms with Gasteiger partial charge in [-0.15, -0.1) is 0 Å². The molecule has 0 saturated heterocycles. The smallest absolute Gasteiger partial charge is 0.0864 e. The number of nitrogens with zero attached hydrogens (tertiary/aromatic N) is 1. The van der Waals surface area contributed by atoms with Crippen LogP contribution in [0, 0.1) is 5.41 Å². The molecule has 0 aromatic heterocycles. The van der Waals surface area contributed by atoms with Gasteiger partial charge in [0, 0.05) is 0 Å². The van der Waals surface area contributed by atoms with E-state index in [4.69, 9.17) is 5.41 Å². The highest BCUT2D eigenvalue weighted by Crippen LogP contribution is 2.18. The van der Waals surface area contributed by atoms with Gasteiger partial charge in [-0.25, -0.2) is 10.4 Å². The summed E-state index contributed by atoms with van der Waals surface area (Å²) in [7, 11) is 0. The van der Waals surface area contributed by atoms with E-state index in [1.54, 1.807) is 0 Å². The maximum atomic E-state index is 6.75. The third-order valence-electron chi connectivity index (χ3n) is 2.32. The first-order valence-corrected chi connectivity index (χ1v) is 4.55. The molecule has 0 spiro atoms. The van der Waals surface area contributed by atoms with Crippen molar-refractivity contribution in [2.45, 2.75) is 51.0 Å². The van der Waals surface area contributed by atoms with E-state index in [-0.39, 0.29) is 0 Å². The summed E-state index contributed by atoms with van der Waals surface area (Å²) in [6.07, 6.45) is 9.01. The molecule has 1 saturated carbocycles. The fourth-order valence-electron chi connectivity index (χ4n) is 1.65. The Bertz CT molecular complexity index is 140. The van der Waals surface area contributed by atoms with Crippen LogP contribution < -0.4 is 0 Å². The lowest BCUT2D eigenvalue weighted by molar-refractivity contribution is 0.456. The molecule has 0 unspecified atom stereocenters. The fraction of sp³-hybridized carbons (Fsp3) is 0.889. The van der Waals surface area contributed by atoms with E-state index in [1.807, 2.05) is 0 Å². The van der Waals surface area contributed by atoms with E-state index in [9.17, 15) is 0 Å². The Balaban J connectivity index is 2.31. The van der Waals surface area contributed by atoms with Crippen LogP contribution in [0.1, 0.15) is 44.9 Å². The van der Waals surface area contributed by atoms with Gasteiger partial charge in [0.05, 0.1) is 12.1 Å². The predicted molar refractivity (Wildman–Crippen MR) is 46.3 cm³/mol. The minimum absolute atomic E-state index is 0.410. The van der Waals surface area contributed by atoms with Gasteiger partial charge in [-0.2, -0.15) is 0 Å². The maximum Gasteiger partial charge on any atom is 0.0864 e. The Morgan fingerprint density at radius 1 is 1.00 bits per heavy atom. The molecule has 0 bridgehead atoms. The standard InChI is InChI=1S/C9H16N2/c10-8-11-9-6-4-2-1-3-5-7-9/h9-10H,1-7H2. The van der Waals surface area contributed by atoms with Gasteiger partial charge in [-0.1, -0.05) is 32.1 Å². The lowest BCUT2D eigenvalue weighted by atomic mass is 9.97. The first-order valence-electron chi connectivity index (χ1n) is 4.55. The van der Waals surface area contributed by atoms with Crippen molar-refractivity contribution in [2.24, 2.45) is 4.99 Å². The lowest BCUT2D eigenvalue weighted by Crippen LogP contribution is -2.06. The number of rotatable bonds is 1. The van der Waals surface area contributed by atoms with Gasteiger partial charge in [-0.05, 0) is 12.8 Å². The third-order valence-corrected chi connectivity index (χ3v) is 2.32. The molecule has 0 aromatic rings. The first-order chi connectivity index (χ1) is 5.43. The molecular weight excluding hydrogens is 136 g/mol. The minimum Gasteiger partial charge on any atom is -0.242 e. The van der Waals surface area contributed by atoms with Gasteiger partial charge in [0.15, 0.2) is 0 Å². The summed E-state index contributed by atoms with van der Waals surface area (Å²) in [6, 6.07) is 2.57. The summed E-state index contributed by atoms with van der Waals surface area (Å²) in [5.41, 5.74) is 0. The number of hydrogen-bond donors (Lipinski definition) is 1. The van der Waals surface area contributed by atoms with Gasteiger partial charge in [0.1, 0.15) is 0 Å². The molecule has 0 atom stereocenters. The van der Waals surface area contributed by atoms with Crippen molar-refractivity contribution < 1.29 is 0 Å². The quantitative estimate of drug-likeness (QED) is 0.561. The van der Waals surface area contributed by atoms with E-state index >= 15 is 0 Å². The summed E-state index contributed by atoms with van der Waals surface area (Å²) in [4.78, 5) is 4.00. The molecule has 2 heteroatoms. The zero-order chi connectivity index (χ0) is 7.94. The van der Waals surface area contributed by atoms with Crippen molar-refractivity contribution in [3.63, 3.8) is 0 Å². The molecule has 0 aromatic carbocycles. The Labute approximate surface area is 68.2 Å². The first kappa shape index (κ1) is 8.48. The SMILES string of the molecule is N=C=NC1CCCCCCC1. The maximum absolute atomic E-state index is 6.75. The highest BCUT2D eigenvalue weighted by molar-refractivity contribution is 5.36. The second-order valence-electron chi connectivity index (χ2n) is 3.24. The average Bonchev–Trinajstić information content (AvgIpc) is 1.94. The molecule has 1 fully saturated rings. The third kappa shape index (κ3) is 3.33. The van der Waals surface area contributed by atoms with E-state index in [0.717, 1.165) is 0 Å². The van der Waals surface area contributed by atoms with Crippen molar-refractivity contribution >= 4 is 6.01 Å². The molecule has 1 aliphatic carbocycles. The molecular formula is C9H16N2. The normalized spacial score (nSPS) is 21.5. The van der Waals surface area contributed by atoms with Crippen LogP contribution in [0.15, 0.2) is 4.99 Å². The zero-order valence-electron chi connectivity index (χ0n) is 6.97. The summed E-state index contributed by atoms with van der Waals surface area (Å²) < 4.78 is 0. The monoisotopic (exact) mass is 152 g/mol. The topological polar surface area (TPSA) is 36.2 Å². The molecule has 0 heterocycles. The second kappa shape index (κ2) is 5.09. The Morgan fingerprint density at radius 3 is 2.09 bits per heavy atom. The van der Waals surface area contributed by atoms with Crippen LogP contribution in [0.3, 0.4) is 0 Å². The second-order valence-corrected chi connectivity index (χ2v) is 3.24. The van der Waals surface area contributed by atoms with Crippen molar-refractivity contribution in [1.82, 2.24) is 0 Å². The highest BCUT2D eigenvalue weighted by atomic mass is 14.8. The van der Waals surface area contributed by atoms with Crippen molar-refractivity contribution in [1.29, 1.82) is 5.41 Å². The molecule has 1 rings (SSSR count). The fourth-order valence-corrected chi connectivity index (χ4v) is 1.65. The van der Waals surface area contributed by atoms with Crippen LogP contribution in [-0.2, 0) is 0 Å². The summed E-state index contributed by atoms with van der Waals surface area (Å²) in [5.74, 6) is 0. The van der Waals surface area contributed by atoms with Gasteiger partial charge in [0.2, 0.25) is 0 Å². The Morgan fingerprint density at radius 2 is 1.55 bits per heavy atom. The summed E-state index contributed by atoms with van der Waals surface area (Å²) >= 11 is 0. The van der Waals surface area contributed by atoms with Crippen molar-refractivity contribution in [2.75, 3.05) is 0 Å². The molecule has 0 amide bonds. The van der Waals surface area contributed by atoms with Gasteiger partial charge in [0.25, 0.3) is 0 Å². The van der Waals surface area contributed by atoms with E-state index in [2.05, 4.69) is 11.0 Å². The van der Waals surface area contributed by atoms with E-state index in [1.165, 1.54) is 44.9 Å². The number of nitrogens with one attached hydrogen (secondary N) is 1. The molecule has 0 radical (unpaired) electrons. The molecule has 1 aliphatic rings. The molecule has 62 valence electrons.